The minimum Gasteiger partial charge on any atom is -0.342 e. The number of amides is 1. The van der Waals surface area contributed by atoms with Gasteiger partial charge in [0.1, 0.15) is 0 Å². The summed E-state index contributed by atoms with van der Waals surface area (Å²) in [6.45, 7) is 3.95. The molecule has 1 aliphatic carbocycles. The van der Waals surface area contributed by atoms with Gasteiger partial charge in [-0.25, -0.2) is 0 Å². The quantitative estimate of drug-likeness (QED) is 0.715. The predicted molar refractivity (Wildman–Crippen MR) is 55.7 cm³/mol. The van der Waals surface area contributed by atoms with Gasteiger partial charge in [-0.3, -0.25) is 4.79 Å². The molecule has 1 amide bonds. The average Bonchev–Trinajstić information content (AvgIpc) is 2.69. The van der Waals surface area contributed by atoms with Crippen molar-refractivity contribution in [2.75, 3.05) is 13.1 Å². The fourth-order valence-electron chi connectivity index (χ4n) is 2.88. The second-order valence-corrected chi connectivity index (χ2v) is 4.71. The van der Waals surface area contributed by atoms with Crippen LogP contribution in [-0.4, -0.2) is 29.9 Å². The maximum absolute atomic E-state index is 11.7. The monoisotopic (exact) mass is 196 g/mol. The number of nitrogens with two attached hydrogens (primary N) is 1. The Bertz CT molecular complexity index is 229. The summed E-state index contributed by atoms with van der Waals surface area (Å²) in [6.07, 6.45) is 4.04. The Morgan fingerprint density at radius 1 is 1.43 bits per heavy atom. The second kappa shape index (κ2) is 3.89. The van der Waals surface area contributed by atoms with Gasteiger partial charge in [0.25, 0.3) is 0 Å². The highest BCUT2D eigenvalue weighted by Gasteiger charge is 2.41. The van der Waals surface area contributed by atoms with E-state index in [-0.39, 0.29) is 0 Å². The van der Waals surface area contributed by atoms with E-state index in [1.54, 1.807) is 0 Å². The molecule has 0 radical (unpaired) electrons. The number of nitrogens with zero attached hydrogens (tertiary/aromatic N) is 1. The van der Waals surface area contributed by atoms with Crippen LogP contribution in [-0.2, 0) is 4.79 Å². The average molecular weight is 196 g/mol. The molecule has 2 rings (SSSR count). The van der Waals surface area contributed by atoms with E-state index in [4.69, 9.17) is 5.73 Å². The lowest BCUT2D eigenvalue weighted by atomic mass is 9.98. The highest BCUT2D eigenvalue weighted by Crippen LogP contribution is 2.37. The van der Waals surface area contributed by atoms with Crippen molar-refractivity contribution in [3.8, 4) is 0 Å². The predicted octanol–water partition coefficient (Wildman–Crippen LogP) is 0.982. The Hall–Kier alpha value is -0.570. The van der Waals surface area contributed by atoms with Crippen molar-refractivity contribution in [2.24, 2.45) is 17.6 Å². The normalized spacial score (nSPS) is 36.1. The minimum absolute atomic E-state index is 0.328. The van der Waals surface area contributed by atoms with E-state index in [1.165, 1.54) is 6.42 Å². The molecule has 3 heteroatoms. The first-order valence-electron chi connectivity index (χ1n) is 5.75. The molecule has 1 aliphatic heterocycles. The number of fused-ring (bicyclic) bond motifs is 1. The molecular weight excluding hydrogens is 176 g/mol. The number of hydrogen-bond donors (Lipinski definition) is 1. The zero-order valence-electron chi connectivity index (χ0n) is 8.91. The number of carbonyl (C=O) groups is 1. The second-order valence-electron chi connectivity index (χ2n) is 4.71. The molecule has 2 fully saturated rings. The lowest BCUT2D eigenvalue weighted by Gasteiger charge is -2.18. The van der Waals surface area contributed by atoms with Gasteiger partial charge in [-0.2, -0.15) is 0 Å². The maximum atomic E-state index is 11.7. The third-order valence-corrected chi connectivity index (χ3v) is 3.73. The van der Waals surface area contributed by atoms with Crippen molar-refractivity contribution in [3.63, 3.8) is 0 Å². The SMILES string of the molecule is CCCC(=O)N1C[C@@H]2CCC(N)[C@@H]2C1. The number of hydrogen-bond acceptors (Lipinski definition) is 2. The van der Waals surface area contributed by atoms with Crippen LogP contribution in [0.2, 0.25) is 0 Å². The van der Waals surface area contributed by atoms with E-state index >= 15 is 0 Å². The van der Waals surface area contributed by atoms with Crippen molar-refractivity contribution in [1.82, 2.24) is 4.90 Å². The summed E-state index contributed by atoms with van der Waals surface area (Å²) < 4.78 is 0. The molecule has 1 unspecified atom stereocenters. The lowest BCUT2D eigenvalue weighted by molar-refractivity contribution is -0.130. The van der Waals surface area contributed by atoms with Gasteiger partial charge in [0, 0.05) is 25.6 Å². The molecule has 1 saturated carbocycles. The molecule has 0 aromatic carbocycles. The fourth-order valence-corrected chi connectivity index (χ4v) is 2.88. The molecule has 0 aromatic heterocycles. The molecule has 2 N–H and O–H groups in total. The van der Waals surface area contributed by atoms with Crippen molar-refractivity contribution in [1.29, 1.82) is 0 Å². The van der Waals surface area contributed by atoms with E-state index in [2.05, 4.69) is 6.92 Å². The summed E-state index contributed by atoms with van der Waals surface area (Å²) in [5.74, 6) is 1.62. The Balaban J connectivity index is 1.92. The van der Waals surface area contributed by atoms with Gasteiger partial charge in [0.2, 0.25) is 5.91 Å². The van der Waals surface area contributed by atoms with Crippen LogP contribution in [0.3, 0.4) is 0 Å². The molecule has 0 bridgehead atoms. The molecule has 1 heterocycles. The molecule has 14 heavy (non-hydrogen) atoms. The zero-order chi connectivity index (χ0) is 10.1. The first-order valence-corrected chi connectivity index (χ1v) is 5.75. The van der Waals surface area contributed by atoms with Gasteiger partial charge in [-0.05, 0) is 31.1 Å². The van der Waals surface area contributed by atoms with Crippen LogP contribution in [0.1, 0.15) is 32.6 Å². The van der Waals surface area contributed by atoms with Gasteiger partial charge in [-0.15, -0.1) is 0 Å². The molecule has 3 atom stereocenters. The minimum atomic E-state index is 0.328. The van der Waals surface area contributed by atoms with Crippen molar-refractivity contribution < 1.29 is 4.79 Å². The number of carbonyl (C=O) groups excluding carboxylic acids is 1. The van der Waals surface area contributed by atoms with Crippen LogP contribution in [0, 0.1) is 11.8 Å². The van der Waals surface area contributed by atoms with Crippen LogP contribution >= 0.6 is 0 Å². The first-order chi connectivity index (χ1) is 6.72. The Kier molecular flexibility index (Phi) is 2.77. The summed E-state index contributed by atoms with van der Waals surface area (Å²) in [5, 5.41) is 0. The number of likely N-dealkylation sites (tertiary alicyclic amines) is 1. The summed E-state index contributed by atoms with van der Waals surface area (Å²) >= 11 is 0. The number of rotatable bonds is 2. The molecular formula is C11H20N2O. The topological polar surface area (TPSA) is 46.3 Å². The molecule has 1 saturated heterocycles. The van der Waals surface area contributed by atoms with Crippen LogP contribution in [0.15, 0.2) is 0 Å². The van der Waals surface area contributed by atoms with E-state index in [0.29, 0.717) is 30.2 Å². The smallest absolute Gasteiger partial charge is 0.222 e. The van der Waals surface area contributed by atoms with Gasteiger partial charge in [-0.1, -0.05) is 6.92 Å². The first kappa shape index (κ1) is 9.97. The van der Waals surface area contributed by atoms with E-state index in [1.807, 2.05) is 4.90 Å². The fraction of sp³-hybridized carbons (Fsp3) is 0.909. The highest BCUT2D eigenvalue weighted by atomic mass is 16.2. The zero-order valence-corrected chi connectivity index (χ0v) is 8.91. The van der Waals surface area contributed by atoms with Crippen LogP contribution in [0.25, 0.3) is 0 Å². The van der Waals surface area contributed by atoms with Gasteiger partial charge < -0.3 is 10.6 Å². The highest BCUT2D eigenvalue weighted by molar-refractivity contribution is 5.76. The van der Waals surface area contributed by atoms with Crippen LogP contribution in [0.4, 0.5) is 0 Å². The summed E-state index contributed by atoms with van der Waals surface area (Å²) in [7, 11) is 0. The summed E-state index contributed by atoms with van der Waals surface area (Å²) in [4.78, 5) is 13.7. The van der Waals surface area contributed by atoms with Crippen LogP contribution < -0.4 is 5.73 Å². The van der Waals surface area contributed by atoms with Gasteiger partial charge >= 0.3 is 0 Å². The molecule has 0 aromatic rings. The maximum Gasteiger partial charge on any atom is 0.222 e. The van der Waals surface area contributed by atoms with Crippen molar-refractivity contribution >= 4 is 5.91 Å². The standard InChI is InChI=1S/C11H20N2O/c1-2-3-11(14)13-6-8-4-5-10(12)9(8)7-13/h8-10H,2-7,12H2,1H3/t8-,9+,10?/m0/s1. The van der Waals surface area contributed by atoms with E-state index in [0.717, 1.165) is 25.9 Å². The summed E-state index contributed by atoms with van der Waals surface area (Å²) in [5.41, 5.74) is 6.02. The van der Waals surface area contributed by atoms with Crippen LogP contribution in [0.5, 0.6) is 0 Å². The van der Waals surface area contributed by atoms with Gasteiger partial charge in [0.15, 0.2) is 0 Å². The van der Waals surface area contributed by atoms with Crippen molar-refractivity contribution in [3.05, 3.63) is 0 Å². The Morgan fingerprint density at radius 3 is 2.86 bits per heavy atom. The Morgan fingerprint density at radius 2 is 2.21 bits per heavy atom. The molecule has 3 nitrogen and oxygen atoms in total. The third kappa shape index (κ3) is 1.65. The largest absolute Gasteiger partial charge is 0.342 e. The van der Waals surface area contributed by atoms with Crippen molar-refractivity contribution in [2.45, 2.75) is 38.6 Å². The van der Waals surface area contributed by atoms with Gasteiger partial charge in [0.05, 0.1) is 0 Å². The molecule has 2 aliphatic rings. The molecule has 80 valence electrons. The third-order valence-electron chi connectivity index (χ3n) is 3.73. The lowest BCUT2D eigenvalue weighted by Crippen LogP contribution is -2.33. The molecule has 0 spiro atoms. The summed E-state index contributed by atoms with van der Waals surface area (Å²) in [6, 6.07) is 0.347. The van der Waals surface area contributed by atoms with E-state index in [9.17, 15) is 4.79 Å². The van der Waals surface area contributed by atoms with E-state index < -0.39 is 0 Å². The Labute approximate surface area is 85.6 Å².